The third kappa shape index (κ3) is 6.01. The molecule has 2 N–H and O–H groups in total. The maximum Gasteiger partial charge on any atom is 0.318 e. The van der Waals surface area contributed by atoms with Crippen molar-refractivity contribution in [1.29, 1.82) is 0 Å². The lowest BCUT2D eigenvalue weighted by molar-refractivity contribution is -0.117. The van der Waals surface area contributed by atoms with Gasteiger partial charge in [0.05, 0.1) is 0 Å². The van der Waals surface area contributed by atoms with Crippen molar-refractivity contribution >= 4 is 28.4 Å². The number of hydrogen-bond donors (Lipinski definition) is 2. The first-order valence-corrected chi connectivity index (χ1v) is 8.25. The number of carbonyl (C=O) groups is 2. The molecule has 1 aromatic rings. The smallest absolute Gasteiger partial charge is 0.318 e. The summed E-state index contributed by atoms with van der Waals surface area (Å²) in [6, 6.07) is -0.251. The van der Waals surface area contributed by atoms with Gasteiger partial charge in [0.1, 0.15) is 6.54 Å². The monoisotopic (exact) mass is 326 g/mol. The summed E-state index contributed by atoms with van der Waals surface area (Å²) in [7, 11) is 0. The van der Waals surface area contributed by atoms with E-state index >= 15 is 0 Å². The zero-order chi connectivity index (χ0) is 16.9. The second-order valence-electron chi connectivity index (χ2n) is 6.39. The van der Waals surface area contributed by atoms with Crippen LogP contribution in [0.3, 0.4) is 0 Å². The summed E-state index contributed by atoms with van der Waals surface area (Å²) in [5.74, 6) is -0.237. The summed E-state index contributed by atoms with van der Waals surface area (Å²) in [5, 5.41) is 6.20. The summed E-state index contributed by atoms with van der Waals surface area (Å²) in [5.41, 5.74) is -0.342. The Kier molecular flexibility index (Phi) is 6.34. The van der Waals surface area contributed by atoms with Crippen LogP contribution in [0, 0.1) is 6.92 Å². The number of anilines is 1. The van der Waals surface area contributed by atoms with Crippen molar-refractivity contribution in [1.82, 2.24) is 15.2 Å². The average Bonchev–Trinajstić information content (AvgIpc) is 2.78. The minimum atomic E-state index is -0.342. The molecule has 3 amide bonds. The van der Waals surface area contributed by atoms with Crippen LogP contribution < -0.4 is 10.6 Å². The second-order valence-corrected chi connectivity index (χ2v) is 7.62. The molecule has 0 radical (unpaired) electrons. The van der Waals surface area contributed by atoms with E-state index in [-0.39, 0.29) is 30.1 Å². The molecule has 0 fully saturated rings. The molecule has 22 heavy (non-hydrogen) atoms. The average molecular weight is 326 g/mol. The quantitative estimate of drug-likeness (QED) is 0.873. The Morgan fingerprint density at radius 1 is 1.41 bits per heavy atom. The fourth-order valence-corrected chi connectivity index (χ4v) is 2.45. The predicted octanol–water partition coefficient (Wildman–Crippen LogP) is 3.00. The van der Waals surface area contributed by atoms with E-state index in [1.165, 1.54) is 11.3 Å². The number of hydrogen-bond acceptors (Lipinski definition) is 4. The number of aromatic nitrogens is 1. The molecular weight excluding hydrogens is 300 g/mol. The van der Waals surface area contributed by atoms with Gasteiger partial charge >= 0.3 is 6.03 Å². The topological polar surface area (TPSA) is 74.3 Å². The van der Waals surface area contributed by atoms with Gasteiger partial charge in [-0.25, -0.2) is 9.78 Å². The Labute approximate surface area is 136 Å². The van der Waals surface area contributed by atoms with Gasteiger partial charge in [-0.2, -0.15) is 0 Å². The molecule has 1 heterocycles. The molecule has 0 aromatic carbocycles. The molecule has 124 valence electrons. The number of nitrogens with one attached hydrogen (secondary N) is 2. The van der Waals surface area contributed by atoms with Gasteiger partial charge in [0, 0.05) is 22.7 Å². The first kappa shape index (κ1) is 18.4. The van der Waals surface area contributed by atoms with E-state index in [0.717, 1.165) is 11.3 Å². The Balaban J connectivity index is 2.72. The zero-order valence-electron chi connectivity index (χ0n) is 14.2. The van der Waals surface area contributed by atoms with Crippen LogP contribution in [0.4, 0.5) is 9.93 Å². The fourth-order valence-electron chi connectivity index (χ4n) is 1.77. The first-order chi connectivity index (χ1) is 10.1. The van der Waals surface area contributed by atoms with E-state index in [0.29, 0.717) is 5.13 Å². The molecular formula is C15H26N4O2S. The number of amides is 3. The van der Waals surface area contributed by atoms with Crippen molar-refractivity contribution in [2.24, 2.45) is 0 Å². The van der Waals surface area contributed by atoms with Crippen molar-refractivity contribution in [3.05, 3.63) is 11.1 Å². The molecule has 0 saturated carbocycles. The molecule has 7 heteroatoms. The summed E-state index contributed by atoms with van der Waals surface area (Å²) < 4.78 is 0. The molecule has 1 unspecified atom stereocenters. The van der Waals surface area contributed by atoms with Crippen LogP contribution in [-0.4, -0.2) is 39.9 Å². The zero-order valence-corrected chi connectivity index (χ0v) is 15.0. The number of thiazole rings is 1. The van der Waals surface area contributed by atoms with Crippen LogP contribution in [0.5, 0.6) is 0 Å². The van der Waals surface area contributed by atoms with Gasteiger partial charge in [0.2, 0.25) is 5.91 Å². The van der Waals surface area contributed by atoms with Gasteiger partial charge < -0.3 is 15.5 Å². The summed E-state index contributed by atoms with van der Waals surface area (Å²) in [4.78, 5) is 31.2. The number of urea groups is 1. The van der Waals surface area contributed by atoms with Gasteiger partial charge in [-0.1, -0.05) is 6.92 Å². The Hall–Kier alpha value is -1.63. The van der Waals surface area contributed by atoms with Gasteiger partial charge in [0.15, 0.2) is 5.13 Å². The Morgan fingerprint density at radius 2 is 2.05 bits per heavy atom. The molecule has 1 rings (SSSR count). The largest absolute Gasteiger partial charge is 0.333 e. The molecule has 0 spiro atoms. The highest BCUT2D eigenvalue weighted by atomic mass is 32.1. The van der Waals surface area contributed by atoms with Gasteiger partial charge in [-0.15, -0.1) is 11.3 Å². The molecule has 0 aliphatic carbocycles. The Bertz CT molecular complexity index is 522. The van der Waals surface area contributed by atoms with Gasteiger partial charge in [-0.05, 0) is 41.0 Å². The summed E-state index contributed by atoms with van der Waals surface area (Å²) in [6.45, 7) is 11.6. The van der Waals surface area contributed by atoms with Crippen LogP contribution in [0.2, 0.25) is 0 Å². The standard InChI is InChI=1S/C15H26N4O2S/c1-7-10(2)19(14(21)18-15(4,5)6)9-12(20)17-13-16-8-11(3)22-13/h8,10H,7,9H2,1-6H3,(H,18,21)(H,16,17,20). The molecule has 1 aromatic heterocycles. The lowest BCUT2D eigenvalue weighted by Crippen LogP contribution is -2.53. The highest BCUT2D eigenvalue weighted by Gasteiger charge is 2.25. The van der Waals surface area contributed by atoms with Crippen molar-refractivity contribution in [3.63, 3.8) is 0 Å². The lowest BCUT2D eigenvalue weighted by atomic mass is 10.1. The van der Waals surface area contributed by atoms with Crippen LogP contribution >= 0.6 is 11.3 Å². The van der Waals surface area contributed by atoms with Crippen LogP contribution in [0.1, 0.15) is 45.9 Å². The maximum atomic E-state index is 12.4. The highest BCUT2D eigenvalue weighted by molar-refractivity contribution is 7.15. The van der Waals surface area contributed by atoms with Crippen molar-refractivity contribution in [3.8, 4) is 0 Å². The van der Waals surface area contributed by atoms with E-state index in [4.69, 9.17) is 0 Å². The SMILES string of the molecule is CCC(C)N(CC(=O)Nc1ncc(C)s1)C(=O)NC(C)(C)C. The molecule has 1 atom stereocenters. The van der Waals surface area contributed by atoms with E-state index in [1.54, 1.807) is 11.1 Å². The molecule has 0 aliphatic rings. The van der Waals surface area contributed by atoms with Crippen LogP contribution in [0.15, 0.2) is 6.20 Å². The Morgan fingerprint density at radius 3 is 2.50 bits per heavy atom. The lowest BCUT2D eigenvalue weighted by Gasteiger charge is -2.31. The molecule has 0 bridgehead atoms. The van der Waals surface area contributed by atoms with Crippen LogP contribution in [-0.2, 0) is 4.79 Å². The molecule has 0 aliphatic heterocycles. The highest BCUT2D eigenvalue weighted by Crippen LogP contribution is 2.16. The van der Waals surface area contributed by atoms with E-state index in [1.807, 2.05) is 41.5 Å². The van der Waals surface area contributed by atoms with Crippen molar-refractivity contribution in [2.75, 3.05) is 11.9 Å². The number of carbonyl (C=O) groups excluding carboxylic acids is 2. The fraction of sp³-hybridized carbons (Fsp3) is 0.667. The molecule has 6 nitrogen and oxygen atoms in total. The third-order valence-corrected chi connectivity index (χ3v) is 3.88. The molecule has 0 saturated heterocycles. The van der Waals surface area contributed by atoms with Gasteiger partial charge in [0.25, 0.3) is 0 Å². The minimum Gasteiger partial charge on any atom is -0.333 e. The first-order valence-electron chi connectivity index (χ1n) is 7.43. The van der Waals surface area contributed by atoms with E-state index in [9.17, 15) is 9.59 Å². The third-order valence-electron chi connectivity index (χ3n) is 3.05. The van der Waals surface area contributed by atoms with Crippen LogP contribution in [0.25, 0.3) is 0 Å². The minimum absolute atomic E-state index is 0.00947. The van der Waals surface area contributed by atoms with E-state index < -0.39 is 0 Å². The van der Waals surface area contributed by atoms with Crippen molar-refractivity contribution in [2.45, 2.75) is 59.5 Å². The summed E-state index contributed by atoms with van der Waals surface area (Å²) >= 11 is 1.41. The van der Waals surface area contributed by atoms with Gasteiger partial charge in [-0.3, -0.25) is 4.79 Å². The van der Waals surface area contributed by atoms with Crippen molar-refractivity contribution < 1.29 is 9.59 Å². The number of nitrogens with zero attached hydrogens (tertiary/aromatic N) is 2. The number of rotatable bonds is 5. The second kappa shape index (κ2) is 7.58. The maximum absolute atomic E-state index is 12.4. The normalized spacial score (nSPS) is 12.6. The predicted molar refractivity (Wildman–Crippen MR) is 90.2 cm³/mol. The summed E-state index contributed by atoms with van der Waals surface area (Å²) in [6.07, 6.45) is 2.49. The number of aryl methyl sites for hydroxylation is 1. The van der Waals surface area contributed by atoms with E-state index in [2.05, 4.69) is 15.6 Å².